The largest absolute Gasteiger partial charge is 0.465 e. The average molecular weight is 406 g/mol. The Bertz CT molecular complexity index is 1200. The van der Waals surface area contributed by atoms with Crippen LogP contribution in [0.2, 0.25) is 0 Å². The normalized spacial score (nSPS) is 28.1. The van der Waals surface area contributed by atoms with Crippen molar-refractivity contribution in [3.05, 3.63) is 101 Å². The summed E-state index contributed by atoms with van der Waals surface area (Å²) in [6, 6.07) is 29.0. The number of para-hydroxylation sites is 2. The summed E-state index contributed by atoms with van der Waals surface area (Å²) in [6.45, 7) is 0. The fourth-order valence-corrected chi connectivity index (χ4v) is 6.90. The number of nitrogens with zero attached hydrogens (tertiary/aromatic N) is 1. The maximum absolute atomic E-state index is 7.01. The first kappa shape index (κ1) is 17.7. The van der Waals surface area contributed by atoms with Gasteiger partial charge in [-0.3, -0.25) is 4.90 Å². The smallest absolute Gasteiger partial charge is 0.191 e. The summed E-state index contributed by atoms with van der Waals surface area (Å²) in [7, 11) is 0. The van der Waals surface area contributed by atoms with Crippen molar-refractivity contribution in [1.29, 1.82) is 0 Å². The van der Waals surface area contributed by atoms with Crippen molar-refractivity contribution in [2.45, 2.75) is 50.2 Å². The lowest BCUT2D eigenvalue weighted by Crippen LogP contribution is -2.60. The van der Waals surface area contributed by atoms with Crippen molar-refractivity contribution < 1.29 is 4.74 Å². The van der Waals surface area contributed by atoms with Gasteiger partial charge in [-0.25, -0.2) is 0 Å². The van der Waals surface area contributed by atoms with Gasteiger partial charge in [0.05, 0.1) is 11.4 Å². The summed E-state index contributed by atoms with van der Waals surface area (Å²) >= 11 is 0. The molecule has 0 radical (unpaired) electrons. The number of rotatable bonds is 1. The summed E-state index contributed by atoms with van der Waals surface area (Å²) in [4.78, 5) is 2.64. The third kappa shape index (κ3) is 2.34. The first-order valence-corrected chi connectivity index (χ1v) is 11.8. The van der Waals surface area contributed by atoms with Gasteiger partial charge in [-0.05, 0) is 54.5 Å². The minimum atomic E-state index is -0.272. The van der Waals surface area contributed by atoms with E-state index in [1.807, 2.05) is 0 Å². The summed E-state index contributed by atoms with van der Waals surface area (Å²) in [5, 5.41) is 0. The standard InChI is InChI=1S/C29H27NO/c1-2-11-21(12-3-1)27-23-18-17-20-10-4-5-13-22(20)28(23)30-25-15-6-7-16-26(25)31-29(30)19-9-8-14-24(27)29/h1-7,10-13,15-16,24,27H,8-9,14,17-19H2/t24-,27-,29-/m0/s1. The number of benzene rings is 3. The first-order valence-electron chi connectivity index (χ1n) is 11.8. The van der Waals surface area contributed by atoms with Gasteiger partial charge in [0.25, 0.3) is 0 Å². The molecule has 3 aromatic carbocycles. The van der Waals surface area contributed by atoms with Crippen LogP contribution in [-0.2, 0) is 6.42 Å². The van der Waals surface area contributed by atoms with Crippen molar-refractivity contribution in [2.24, 2.45) is 5.92 Å². The third-order valence-corrected chi connectivity index (χ3v) is 8.05. The third-order valence-electron chi connectivity index (χ3n) is 8.05. The van der Waals surface area contributed by atoms with Crippen molar-refractivity contribution in [3.8, 4) is 5.75 Å². The molecule has 0 saturated heterocycles. The maximum Gasteiger partial charge on any atom is 0.191 e. The zero-order valence-corrected chi connectivity index (χ0v) is 17.8. The Kier molecular flexibility index (Phi) is 3.70. The summed E-state index contributed by atoms with van der Waals surface area (Å²) in [5.74, 6) is 1.95. The molecular formula is C29H27NO. The first-order chi connectivity index (χ1) is 15.4. The number of hydrogen-bond acceptors (Lipinski definition) is 2. The number of allylic oxidation sites excluding steroid dienone is 1. The van der Waals surface area contributed by atoms with Crippen LogP contribution >= 0.6 is 0 Å². The molecular weight excluding hydrogens is 378 g/mol. The van der Waals surface area contributed by atoms with Crippen LogP contribution in [0.3, 0.4) is 0 Å². The molecule has 0 amide bonds. The molecule has 7 rings (SSSR count). The summed E-state index contributed by atoms with van der Waals surface area (Å²) < 4.78 is 7.01. The van der Waals surface area contributed by atoms with E-state index in [1.54, 1.807) is 5.57 Å². The molecule has 1 fully saturated rings. The number of fused-ring (bicyclic) bond motifs is 5. The predicted octanol–water partition coefficient (Wildman–Crippen LogP) is 6.93. The van der Waals surface area contributed by atoms with Crippen molar-refractivity contribution in [1.82, 2.24) is 0 Å². The Morgan fingerprint density at radius 3 is 2.55 bits per heavy atom. The highest BCUT2D eigenvalue weighted by Gasteiger charge is 2.60. The highest BCUT2D eigenvalue weighted by molar-refractivity contribution is 5.90. The van der Waals surface area contributed by atoms with Gasteiger partial charge in [0.15, 0.2) is 5.72 Å². The van der Waals surface area contributed by atoms with Gasteiger partial charge in [0, 0.05) is 23.8 Å². The summed E-state index contributed by atoms with van der Waals surface area (Å²) in [6.07, 6.45) is 7.11. The molecule has 0 N–H and O–H groups in total. The molecule has 0 bridgehead atoms. The molecule has 0 unspecified atom stereocenters. The van der Waals surface area contributed by atoms with Gasteiger partial charge >= 0.3 is 0 Å². The quantitative estimate of drug-likeness (QED) is 0.435. The molecule has 1 spiro atoms. The molecule has 1 saturated carbocycles. The second kappa shape index (κ2) is 6.50. The lowest BCUT2D eigenvalue weighted by Gasteiger charge is -2.55. The number of anilines is 1. The SMILES string of the molecule is c1ccc([C@H]2C3=C(c4ccccc4CC3)N3c4ccccc4O[C@]34CCCC[C@@H]24)cc1. The van der Waals surface area contributed by atoms with E-state index in [2.05, 4.69) is 83.8 Å². The van der Waals surface area contributed by atoms with Gasteiger partial charge in [-0.15, -0.1) is 0 Å². The van der Waals surface area contributed by atoms with Gasteiger partial charge in [-0.1, -0.05) is 73.2 Å². The molecule has 0 aromatic heterocycles. The molecule has 2 aliphatic heterocycles. The van der Waals surface area contributed by atoms with Crippen LogP contribution in [0.15, 0.2) is 84.4 Å². The molecule has 3 aromatic rings. The van der Waals surface area contributed by atoms with E-state index in [0.29, 0.717) is 11.8 Å². The molecule has 154 valence electrons. The second-order valence-corrected chi connectivity index (χ2v) is 9.52. The van der Waals surface area contributed by atoms with Crippen LogP contribution < -0.4 is 9.64 Å². The number of hydrogen-bond donors (Lipinski definition) is 0. The second-order valence-electron chi connectivity index (χ2n) is 9.52. The topological polar surface area (TPSA) is 12.5 Å². The predicted molar refractivity (Wildman–Crippen MR) is 125 cm³/mol. The van der Waals surface area contributed by atoms with E-state index >= 15 is 0 Å². The molecule has 4 aliphatic rings. The fraction of sp³-hybridized carbons (Fsp3) is 0.310. The molecule has 2 aliphatic carbocycles. The van der Waals surface area contributed by atoms with E-state index < -0.39 is 0 Å². The Hall–Kier alpha value is -3.00. The monoisotopic (exact) mass is 405 g/mol. The van der Waals surface area contributed by atoms with Crippen molar-refractivity contribution in [2.75, 3.05) is 4.90 Å². The van der Waals surface area contributed by atoms with E-state index in [9.17, 15) is 0 Å². The molecule has 2 nitrogen and oxygen atoms in total. The highest BCUT2D eigenvalue weighted by atomic mass is 16.5. The minimum Gasteiger partial charge on any atom is -0.465 e. The Morgan fingerprint density at radius 2 is 1.61 bits per heavy atom. The fourth-order valence-electron chi connectivity index (χ4n) is 6.90. The molecule has 2 heterocycles. The van der Waals surface area contributed by atoms with Crippen LogP contribution in [0.25, 0.3) is 5.70 Å². The van der Waals surface area contributed by atoms with E-state index in [4.69, 9.17) is 4.74 Å². The van der Waals surface area contributed by atoms with Crippen LogP contribution in [0.5, 0.6) is 5.75 Å². The van der Waals surface area contributed by atoms with Crippen LogP contribution in [0.1, 0.15) is 54.7 Å². The average Bonchev–Trinajstić information content (AvgIpc) is 3.16. The zero-order valence-electron chi connectivity index (χ0n) is 17.8. The van der Waals surface area contributed by atoms with Crippen LogP contribution in [0.4, 0.5) is 5.69 Å². The van der Waals surface area contributed by atoms with Gasteiger partial charge in [0.1, 0.15) is 5.75 Å². The van der Waals surface area contributed by atoms with Crippen molar-refractivity contribution in [3.63, 3.8) is 0 Å². The minimum absolute atomic E-state index is 0.272. The number of ether oxygens (including phenoxy) is 1. The van der Waals surface area contributed by atoms with Gasteiger partial charge in [-0.2, -0.15) is 0 Å². The molecule has 3 atom stereocenters. The van der Waals surface area contributed by atoms with Crippen LogP contribution in [-0.4, -0.2) is 5.72 Å². The zero-order chi connectivity index (χ0) is 20.4. The Balaban J connectivity index is 1.56. The van der Waals surface area contributed by atoms with Crippen molar-refractivity contribution >= 4 is 11.4 Å². The Labute approximate surface area is 184 Å². The Morgan fingerprint density at radius 1 is 0.806 bits per heavy atom. The van der Waals surface area contributed by atoms with Gasteiger partial charge in [0.2, 0.25) is 0 Å². The lowest BCUT2D eigenvalue weighted by molar-refractivity contribution is -0.0148. The van der Waals surface area contributed by atoms with Crippen LogP contribution in [0, 0.1) is 5.92 Å². The molecule has 2 heteroatoms. The van der Waals surface area contributed by atoms with Gasteiger partial charge < -0.3 is 4.74 Å². The van der Waals surface area contributed by atoms with E-state index in [1.165, 1.54) is 47.3 Å². The highest BCUT2D eigenvalue weighted by Crippen LogP contribution is 2.63. The summed E-state index contributed by atoms with van der Waals surface area (Å²) in [5.41, 5.74) is 8.37. The van der Waals surface area contributed by atoms with E-state index in [-0.39, 0.29) is 5.72 Å². The number of aryl methyl sites for hydroxylation is 1. The maximum atomic E-state index is 7.01. The molecule has 31 heavy (non-hydrogen) atoms. The van der Waals surface area contributed by atoms with E-state index in [0.717, 1.165) is 25.0 Å². The lowest BCUT2D eigenvalue weighted by atomic mass is 9.63.